The minimum Gasteiger partial charge on any atom is -0.481 e. The van der Waals surface area contributed by atoms with Gasteiger partial charge in [0.15, 0.2) is 5.78 Å². The van der Waals surface area contributed by atoms with Crippen molar-refractivity contribution >= 4 is 147 Å². The Morgan fingerprint density at radius 3 is 1.66 bits per heavy atom. The van der Waals surface area contributed by atoms with Gasteiger partial charge in [0.2, 0.25) is 82.7 Å². The number of aromatic carboxylic acids is 1. The van der Waals surface area contributed by atoms with Crippen molar-refractivity contribution in [2.45, 2.75) is 216 Å². The number of rotatable bonds is 37. The van der Waals surface area contributed by atoms with Gasteiger partial charge in [-0.15, -0.1) is 0 Å². The summed E-state index contributed by atoms with van der Waals surface area (Å²) in [5, 5.41) is 87.3. The van der Waals surface area contributed by atoms with Crippen LogP contribution in [0.4, 0.5) is 5.69 Å². The van der Waals surface area contributed by atoms with Crippen LogP contribution in [0.5, 0.6) is 5.75 Å². The minimum atomic E-state index is -2.45. The van der Waals surface area contributed by atoms with Crippen LogP contribution in [-0.2, 0) is 107 Å². The second-order valence-electron chi connectivity index (χ2n) is 29.6. The largest absolute Gasteiger partial charge is 0.481 e. The number of unbranched alkanes of at least 4 members (excludes halogenated alkanes) is 6. The summed E-state index contributed by atoms with van der Waals surface area (Å²) in [5.41, 5.74) is 18.1. The third kappa shape index (κ3) is 36.7. The van der Waals surface area contributed by atoms with Gasteiger partial charge in [0, 0.05) is 54.5 Å². The molecule has 1 aliphatic rings. The molecule has 0 bridgehead atoms. The van der Waals surface area contributed by atoms with Gasteiger partial charge in [0.1, 0.15) is 83.9 Å². The molecule has 13 atom stereocenters. The molecule has 47 nitrogen and oxygen atoms in total. The number of carbonyl (C=O) groups excluding carboxylic acids is 17. The van der Waals surface area contributed by atoms with Crippen LogP contribution in [0, 0.1) is 5.92 Å². The molecule has 1 aromatic heterocycles. The van der Waals surface area contributed by atoms with Crippen LogP contribution in [-0.4, -0.2) is 265 Å². The van der Waals surface area contributed by atoms with Gasteiger partial charge in [-0.25, -0.2) is 9.59 Å². The quantitative estimate of drug-likeness (QED) is 0.00668. The van der Waals surface area contributed by atoms with Gasteiger partial charge in [-0.1, -0.05) is 94.8 Å². The number of H-pyrrole nitrogens is 1. The number of hydrogen-bond donors (Lipinski definition) is 23. The number of ketones is 1. The number of fused-ring (bicyclic) bond motifs is 1. The highest BCUT2D eigenvalue weighted by Crippen LogP contribution is 2.23. The molecule has 1 aliphatic heterocycles. The summed E-state index contributed by atoms with van der Waals surface area (Å²) in [6.45, 7) is 2.34. The molecular weight excluding hydrogens is 1690 g/mol. The maximum absolute atomic E-state index is 14.8. The number of amides is 14. The zero-order valence-electron chi connectivity index (χ0n) is 70.6. The van der Waals surface area contributed by atoms with Gasteiger partial charge in [-0.3, -0.25) is 95.9 Å². The van der Waals surface area contributed by atoms with Crippen LogP contribution >= 0.6 is 0 Å². The lowest BCUT2D eigenvalue weighted by atomic mass is 9.96. The van der Waals surface area contributed by atoms with Crippen LogP contribution in [0.15, 0.2) is 79.0 Å². The second-order valence-corrected chi connectivity index (χ2v) is 29.6. The molecule has 0 saturated carbocycles. The van der Waals surface area contributed by atoms with Crippen LogP contribution in [0.25, 0.3) is 10.9 Å². The molecule has 2 heterocycles. The fourth-order valence-corrected chi connectivity index (χ4v) is 12.6. The van der Waals surface area contributed by atoms with Crippen LogP contribution < -0.4 is 91.1 Å². The number of hydrogen-bond acceptors (Lipinski definition) is 27. The summed E-state index contributed by atoms with van der Waals surface area (Å²) < 4.78 is 10.4. The maximum atomic E-state index is 14.8. The zero-order valence-corrected chi connectivity index (χ0v) is 70.6. The SMILES string of the molecule is CC(=O)Oc1ccccc1C(=O)O.CCCCCCCCCC(=O)N[C@@H](Cc1c[nH]c2ccccc12)C(=O)N[C@@H](CC(N)=O)C(=O)N[C@@H](CC(=O)O)C(=O)N[C@@H]1C(=O)NCC(=O)N[C@@H](CCCN)C(=O)N[C@@H](CC(=O)O)C(=O)N[C@H](C)C(=O)N[C@@H](CC(=O)O)C(=O)NCC(=O)N[C@H](CO)C(=O)N[C@@H]([C@H](C)CC(=O)O)C(=O)N[C@@H](CC(=O)c2ccccc2N)C(=O)O[C@@H]1C. The van der Waals surface area contributed by atoms with E-state index in [0.717, 1.165) is 52.9 Å². The van der Waals surface area contributed by atoms with Gasteiger partial charge >= 0.3 is 41.8 Å². The third-order valence-corrected chi connectivity index (χ3v) is 19.2. The lowest BCUT2D eigenvalue weighted by Crippen LogP contribution is -2.62. The molecular formula is C81H109N17O30. The number of aliphatic hydroxyl groups excluding tert-OH is 1. The van der Waals surface area contributed by atoms with Crippen LogP contribution in [0.1, 0.15) is 164 Å². The Morgan fingerprint density at radius 1 is 0.539 bits per heavy atom. The number of cyclic esters (lactones) is 1. The van der Waals surface area contributed by atoms with E-state index in [2.05, 4.69) is 69.8 Å². The van der Waals surface area contributed by atoms with Gasteiger partial charge in [0.05, 0.1) is 51.8 Å². The number of carboxylic acid groups (broad SMARTS) is 5. The number of anilines is 1. The number of Topliss-reactive ketones (excluding diaryl/α,β-unsaturated/α-hetero) is 1. The fraction of sp³-hybridized carbons (Fsp3) is 0.481. The predicted octanol–water partition coefficient (Wildman–Crippen LogP) is -4.31. The number of aromatic nitrogens is 1. The van der Waals surface area contributed by atoms with E-state index < -0.39 is 273 Å². The van der Waals surface area contributed by atoms with E-state index in [-0.39, 0.29) is 48.4 Å². The van der Waals surface area contributed by atoms with Crippen molar-refractivity contribution in [3.8, 4) is 5.75 Å². The molecule has 3 aromatic carbocycles. The molecule has 0 aliphatic carbocycles. The lowest BCUT2D eigenvalue weighted by Gasteiger charge is -2.30. The summed E-state index contributed by atoms with van der Waals surface area (Å²) in [6.07, 6.45) is -2.33. The first-order valence-corrected chi connectivity index (χ1v) is 40.4. The number of aliphatic carboxylic acids is 4. The molecule has 128 heavy (non-hydrogen) atoms. The Kier molecular flexibility index (Phi) is 44.3. The first-order valence-electron chi connectivity index (χ1n) is 40.4. The molecule has 698 valence electrons. The Labute approximate surface area is 730 Å². The van der Waals surface area contributed by atoms with Crippen molar-refractivity contribution in [2.24, 2.45) is 17.4 Å². The normalized spacial score (nSPS) is 20.0. The number of carboxylic acids is 5. The number of nitrogens with one attached hydrogen (secondary N) is 14. The highest BCUT2D eigenvalue weighted by molar-refractivity contribution is 6.05. The van der Waals surface area contributed by atoms with E-state index in [0.29, 0.717) is 29.3 Å². The van der Waals surface area contributed by atoms with E-state index in [1.807, 2.05) is 16.0 Å². The predicted molar refractivity (Wildman–Crippen MR) is 445 cm³/mol. The van der Waals surface area contributed by atoms with Crippen molar-refractivity contribution < 1.29 is 146 Å². The maximum Gasteiger partial charge on any atom is 0.339 e. The molecule has 5 rings (SSSR count). The van der Waals surface area contributed by atoms with Crippen molar-refractivity contribution in [1.29, 1.82) is 0 Å². The van der Waals surface area contributed by atoms with Crippen molar-refractivity contribution in [1.82, 2.24) is 74.1 Å². The van der Waals surface area contributed by atoms with Gasteiger partial charge in [0.25, 0.3) is 0 Å². The molecule has 0 unspecified atom stereocenters. The van der Waals surface area contributed by atoms with Gasteiger partial charge in [-0.2, -0.15) is 0 Å². The summed E-state index contributed by atoms with van der Waals surface area (Å²) in [4.78, 5) is 297. The standard InChI is InChI=1S/C72H101N17O26.C9H8O4/c1-5-6-7-8-9-10-11-22-53(93)81-44(25-38-31-76-42-20-15-13-17-39(38)42)66(108)84-45(27-52(75)92)67(109)86-48(30-59(102)103)68(110)89-61-37(4)115-72(114)49(26-51(91)40-18-12-14-19-41(40)74)87-71(113)60(35(2)24-56(96)97)88-69(111)50(34-90)82-55(95)32-77-63(105)46(28-57(98)99)83-62(104)36(3)79-65(107)47(29-58(100)101)85-64(106)43(21-16-23-73)80-54(94)33-78-70(61)112;1-6(10)13-8-5-3-2-4-7(8)9(11)12/h12-15,17-20,31,35-37,43-50,60-61,76,90H,5-11,16,21-30,32-34,73-74H2,1-4H3,(H2,75,92)(H,77,105)(H,78,112)(H,79,107)(H,80,94)(H,81,93)(H,82,95)(H,83,104)(H,84,108)(H,85,106)(H,86,109)(H,87,113)(H,88,111)(H,89,110)(H,96,97)(H,98,99)(H,100,101)(H,102,103);2-5H,1H3,(H,11,12)/t35-,36-,37-,43+,44+,45+,46+,47+,48+,49+,50-,60+,61+;/m1./s1. The van der Waals surface area contributed by atoms with Crippen LogP contribution in [0.2, 0.25) is 0 Å². The van der Waals surface area contributed by atoms with Crippen molar-refractivity contribution in [2.75, 3.05) is 32.0 Å². The molecule has 4 aromatic rings. The molecule has 26 N–H and O–H groups in total. The molecule has 47 heteroatoms. The van der Waals surface area contributed by atoms with Crippen LogP contribution in [0.3, 0.4) is 0 Å². The Bertz CT molecular complexity index is 4690. The number of carbonyl (C=O) groups is 22. The second kappa shape index (κ2) is 53.6. The lowest BCUT2D eigenvalue weighted by molar-refractivity contribution is -0.156. The third-order valence-electron chi connectivity index (χ3n) is 19.2. The Hall–Kier alpha value is -14.5. The summed E-state index contributed by atoms with van der Waals surface area (Å²) in [5.74, 6) is -31.3. The first-order chi connectivity index (χ1) is 60.5. The summed E-state index contributed by atoms with van der Waals surface area (Å²) in [7, 11) is 0. The molecule has 1 fully saturated rings. The average Bonchev–Trinajstić information content (AvgIpc) is 1.64. The highest BCUT2D eigenvalue weighted by Gasteiger charge is 2.41. The summed E-state index contributed by atoms with van der Waals surface area (Å²) >= 11 is 0. The van der Waals surface area contributed by atoms with Crippen molar-refractivity contribution in [3.05, 3.63) is 95.7 Å². The highest BCUT2D eigenvalue weighted by atomic mass is 16.5. The number of nitrogens with two attached hydrogens (primary N) is 3. The number of para-hydroxylation sites is 3. The molecule has 0 radical (unpaired) electrons. The number of esters is 2. The minimum absolute atomic E-state index is 0.0160. The number of ether oxygens (including phenoxy) is 2. The average molecular weight is 1800 g/mol. The van der Waals surface area contributed by atoms with E-state index in [1.165, 1.54) is 43.3 Å². The number of nitrogen functional groups attached to an aromatic ring is 1. The fourth-order valence-electron chi connectivity index (χ4n) is 12.6. The molecule has 0 spiro atoms. The topological polar surface area (TPSA) is 766 Å². The molecule has 1 saturated heterocycles. The van der Waals surface area contributed by atoms with E-state index >= 15 is 0 Å². The van der Waals surface area contributed by atoms with Gasteiger partial charge in [-0.05, 0) is 81.5 Å². The van der Waals surface area contributed by atoms with E-state index in [1.54, 1.807) is 42.6 Å². The van der Waals surface area contributed by atoms with E-state index in [9.17, 15) is 131 Å². The number of aromatic amines is 1. The van der Waals surface area contributed by atoms with Gasteiger partial charge < -0.3 is 131 Å². The molecule has 14 amide bonds. The Balaban J connectivity index is 0.00000241. The number of primary amides is 1. The monoisotopic (exact) mass is 1800 g/mol. The first kappa shape index (κ1) is 106. The Morgan fingerprint density at radius 2 is 1.07 bits per heavy atom. The van der Waals surface area contributed by atoms with E-state index in [4.69, 9.17) is 27.0 Å². The smallest absolute Gasteiger partial charge is 0.339 e. The number of benzene rings is 3. The zero-order chi connectivity index (χ0) is 95.6. The summed E-state index contributed by atoms with van der Waals surface area (Å²) in [6, 6.07) is -4.56. The van der Waals surface area contributed by atoms with Crippen molar-refractivity contribution in [3.63, 3.8) is 0 Å². The number of aliphatic hydroxyl groups is 1.